The normalized spacial score (nSPS) is 20.5. The average Bonchev–Trinajstić information content (AvgIpc) is 2.83. The predicted molar refractivity (Wildman–Crippen MR) is 66.4 cm³/mol. The number of ether oxygens (including phenoxy) is 2. The van der Waals surface area contributed by atoms with Gasteiger partial charge in [-0.1, -0.05) is 26.0 Å². The summed E-state index contributed by atoms with van der Waals surface area (Å²) in [4.78, 5) is 0. The molecule has 2 rings (SSSR count). The van der Waals surface area contributed by atoms with E-state index >= 15 is 0 Å². The lowest BCUT2D eigenvalue weighted by molar-refractivity contribution is 0.141. The van der Waals surface area contributed by atoms with Gasteiger partial charge in [0.25, 0.3) is 0 Å². The van der Waals surface area contributed by atoms with E-state index < -0.39 is 0 Å². The molecule has 1 N–H and O–H groups in total. The molecule has 1 unspecified atom stereocenters. The minimum Gasteiger partial charge on any atom is -0.488 e. The molecule has 1 aliphatic rings. The van der Waals surface area contributed by atoms with Crippen molar-refractivity contribution in [3.05, 3.63) is 29.8 Å². The molecule has 1 saturated heterocycles. The second-order valence-corrected chi connectivity index (χ2v) is 5.17. The molecule has 17 heavy (non-hydrogen) atoms. The number of aliphatic hydroxyl groups excluding tert-OH is 1. The Morgan fingerprint density at radius 3 is 2.59 bits per heavy atom. The van der Waals surface area contributed by atoms with Crippen LogP contribution in [0.3, 0.4) is 0 Å². The number of rotatable bonds is 4. The van der Waals surface area contributed by atoms with Gasteiger partial charge in [0.05, 0.1) is 19.8 Å². The minimum atomic E-state index is -0.199. The standard InChI is InChI=1S/C14H20O3/c1-14(2,10-15)11-3-5-12(6-4-11)17-13-7-8-16-9-13/h3-6,13,15H,7-10H2,1-2H3. The molecule has 1 fully saturated rings. The minimum absolute atomic E-state index is 0.143. The van der Waals surface area contributed by atoms with E-state index in [0.717, 1.165) is 24.3 Å². The molecule has 3 heteroatoms. The summed E-state index contributed by atoms with van der Waals surface area (Å²) >= 11 is 0. The molecule has 0 bridgehead atoms. The topological polar surface area (TPSA) is 38.7 Å². The number of benzene rings is 1. The van der Waals surface area contributed by atoms with Gasteiger partial charge in [-0.3, -0.25) is 0 Å². The van der Waals surface area contributed by atoms with Crippen LogP contribution < -0.4 is 4.74 Å². The van der Waals surface area contributed by atoms with Crippen molar-refractivity contribution < 1.29 is 14.6 Å². The molecule has 1 aliphatic heterocycles. The Morgan fingerprint density at radius 1 is 1.35 bits per heavy atom. The van der Waals surface area contributed by atoms with Crippen LogP contribution in [0.15, 0.2) is 24.3 Å². The third kappa shape index (κ3) is 2.99. The summed E-state index contributed by atoms with van der Waals surface area (Å²) in [5.41, 5.74) is 0.921. The Kier molecular flexibility index (Phi) is 3.69. The molecule has 1 aromatic carbocycles. The van der Waals surface area contributed by atoms with E-state index in [9.17, 15) is 5.11 Å². The van der Waals surface area contributed by atoms with Gasteiger partial charge in [0.2, 0.25) is 0 Å². The van der Waals surface area contributed by atoms with Crippen LogP contribution in [0, 0.1) is 0 Å². The van der Waals surface area contributed by atoms with Crippen LogP contribution in [0.2, 0.25) is 0 Å². The van der Waals surface area contributed by atoms with Crippen molar-refractivity contribution in [2.45, 2.75) is 31.8 Å². The Morgan fingerprint density at radius 2 is 2.06 bits per heavy atom. The average molecular weight is 236 g/mol. The van der Waals surface area contributed by atoms with Crippen molar-refractivity contribution in [2.75, 3.05) is 19.8 Å². The zero-order chi connectivity index (χ0) is 12.3. The van der Waals surface area contributed by atoms with E-state index in [4.69, 9.17) is 9.47 Å². The summed E-state index contributed by atoms with van der Waals surface area (Å²) in [6, 6.07) is 7.96. The molecule has 3 nitrogen and oxygen atoms in total. The molecule has 1 aromatic rings. The van der Waals surface area contributed by atoms with Crippen LogP contribution >= 0.6 is 0 Å². The summed E-state index contributed by atoms with van der Waals surface area (Å²) in [5, 5.41) is 9.30. The number of hydrogen-bond acceptors (Lipinski definition) is 3. The maximum absolute atomic E-state index is 9.30. The van der Waals surface area contributed by atoms with Crippen molar-refractivity contribution in [1.82, 2.24) is 0 Å². The second-order valence-electron chi connectivity index (χ2n) is 5.17. The van der Waals surface area contributed by atoms with Crippen LogP contribution in [-0.4, -0.2) is 31.0 Å². The molecule has 0 amide bonds. The summed E-state index contributed by atoms with van der Waals surface area (Å²) < 4.78 is 11.1. The van der Waals surface area contributed by atoms with E-state index in [0.29, 0.717) is 6.61 Å². The van der Waals surface area contributed by atoms with Crippen molar-refractivity contribution in [2.24, 2.45) is 0 Å². The Bertz CT molecular complexity index is 350. The predicted octanol–water partition coefficient (Wildman–Crippen LogP) is 2.12. The molecule has 0 aromatic heterocycles. The maximum atomic E-state index is 9.30. The van der Waals surface area contributed by atoms with Gasteiger partial charge >= 0.3 is 0 Å². The van der Waals surface area contributed by atoms with Gasteiger partial charge in [0.1, 0.15) is 11.9 Å². The molecule has 0 spiro atoms. The van der Waals surface area contributed by atoms with Crippen LogP contribution in [0.1, 0.15) is 25.8 Å². The van der Waals surface area contributed by atoms with Gasteiger partial charge in [0, 0.05) is 11.8 Å². The summed E-state index contributed by atoms with van der Waals surface area (Å²) in [5.74, 6) is 0.873. The highest BCUT2D eigenvalue weighted by molar-refractivity contribution is 5.31. The van der Waals surface area contributed by atoms with Crippen molar-refractivity contribution in [3.63, 3.8) is 0 Å². The zero-order valence-corrected chi connectivity index (χ0v) is 10.5. The second kappa shape index (κ2) is 5.07. The van der Waals surface area contributed by atoms with Crippen LogP contribution in [0.4, 0.5) is 0 Å². The van der Waals surface area contributed by atoms with Crippen LogP contribution in [0.5, 0.6) is 5.75 Å². The van der Waals surface area contributed by atoms with Crippen molar-refractivity contribution in [1.29, 1.82) is 0 Å². The molecule has 0 saturated carbocycles. The number of aliphatic hydroxyl groups is 1. The third-order valence-electron chi connectivity index (χ3n) is 3.22. The van der Waals surface area contributed by atoms with Crippen molar-refractivity contribution in [3.8, 4) is 5.75 Å². The lowest BCUT2D eigenvalue weighted by atomic mass is 9.86. The van der Waals surface area contributed by atoms with Crippen LogP contribution in [0.25, 0.3) is 0 Å². The van der Waals surface area contributed by atoms with Gasteiger partial charge in [-0.25, -0.2) is 0 Å². The zero-order valence-electron chi connectivity index (χ0n) is 10.5. The molecule has 94 valence electrons. The van der Waals surface area contributed by atoms with Crippen molar-refractivity contribution >= 4 is 0 Å². The van der Waals surface area contributed by atoms with Gasteiger partial charge in [-0.2, -0.15) is 0 Å². The van der Waals surface area contributed by atoms with E-state index in [-0.39, 0.29) is 18.1 Å². The SMILES string of the molecule is CC(C)(CO)c1ccc(OC2CCOC2)cc1. The van der Waals surface area contributed by atoms with Gasteiger partial charge in [-0.15, -0.1) is 0 Å². The molecule has 0 aliphatic carbocycles. The lowest BCUT2D eigenvalue weighted by Gasteiger charge is -2.22. The molecule has 1 heterocycles. The summed E-state index contributed by atoms with van der Waals surface area (Å²) in [6.45, 7) is 5.66. The molecular weight excluding hydrogens is 216 g/mol. The highest BCUT2D eigenvalue weighted by Gasteiger charge is 2.20. The Balaban J connectivity index is 2.02. The first-order valence-electron chi connectivity index (χ1n) is 6.07. The smallest absolute Gasteiger partial charge is 0.124 e. The van der Waals surface area contributed by atoms with E-state index in [1.807, 2.05) is 38.1 Å². The van der Waals surface area contributed by atoms with E-state index in [1.165, 1.54) is 0 Å². The molecule has 1 atom stereocenters. The first-order chi connectivity index (χ1) is 8.12. The largest absolute Gasteiger partial charge is 0.488 e. The van der Waals surface area contributed by atoms with E-state index in [1.54, 1.807) is 0 Å². The first kappa shape index (κ1) is 12.4. The first-order valence-corrected chi connectivity index (χ1v) is 6.07. The van der Waals surface area contributed by atoms with Gasteiger partial charge < -0.3 is 14.6 Å². The quantitative estimate of drug-likeness (QED) is 0.870. The Hall–Kier alpha value is -1.06. The fourth-order valence-corrected chi connectivity index (χ4v) is 1.87. The molecular formula is C14H20O3. The van der Waals surface area contributed by atoms with Crippen LogP contribution in [-0.2, 0) is 10.2 Å². The highest BCUT2D eigenvalue weighted by Crippen LogP contribution is 2.25. The Labute approximate surface area is 102 Å². The monoisotopic (exact) mass is 236 g/mol. The highest BCUT2D eigenvalue weighted by atomic mass is 16.5. The van der Waals surface area contributed by atoms with E-state index in [2.05, 4.69) is 0 Å². The third-order valence-corrected chi connectivity index (χ3v) is 3.22. The van der Waals surface area contributed by atoms with Gasteiger partial charge in [0.15, 0.2) is 0 Å². The molecule has 0 radical (unpaired) electrons. The maximum Gasteiger partial charge on any atom is 0.124 e. The fraction of sp³-hybridized carbons (Fsp3) is 0.571. The lowest BCUT2D eigenvalue weighted by Crippen LogP contribution is -2.22. The fourth-order valence-electron chi connectivity index (χ4n) is 1.87. The summed E-state index contributed by atoms with van der Waals surface area (Å²) in [6.07, 6.45) is 1.15. The number of hydrogen-bond donors (Lipinski definition) is 1. The summed E-state index contributed by atoms with van der Waals surface area (Å²) in [7, 11) is 0. The van der Waals surface area contributed by atoms with Gasteiger partial charge in [-0.05, 0) is 17.7 Å².